The van der Waals surface area contributed by atoms with E-state index >= 15 is 0 Å². The van der Waals surface area contributed by atoms with Gasteiger partial charge in [0.15, 0.2) is 5.16 Å². The summed E-state index contributed by atoms with van der Waals surface area (Å²) in [5.41, 5.74) is 4.69. The largest absolute Gasteiger partial charge is 0.368 e. The van der Waals surface area contributed by atoms with E-state index in [0.717, 1.165) is 17.3 Å². The number of nitrogens with zero attached hydrogens (tertiary/aromatic N) is 4. The highest BCUT2D eigenvalue weighted by Gasteiger charge is 2.10. The van der Waals surface area contributed by atoms with E-state index in [1.54, 1.807) is 13.2 Å². The highest BCUT2D eigenvalue weighted by Crippen LogP contribution is 2.25. The Morgan fingerprint density at radius 3 is 2.83 bits per heavy atom. The van der Waals surface area contributed by atoms with E-state index in [0.29, 0.717) is 10.2 Å². The van der Waals surface area contributed by atoms with Gasteiger partial charge in [0.2, 0.25) is 5.95 Å². The molecule has 2 rings (SSSR count). The van der Waals surface area contributed by atoms with Crippen molar-refractivity contribution in [3.8, 4) is 0 Å². The smallest absolute Gasteiger partial charge is 0.339 e. The minimum Gasteiger partial charge on any atom is -0.368 e. The highest BCUT2D eigenvalue weighted by molar-refractivity contribution is 7.99. The van der Waals surface area contributed by atoms with E-state index in [4.69, 9.17) is 5.73 Å². The van der Waals surface area contributed by atoms with Crippen LogP contribution in [-0.2, 0) is 7.05 Å². The van der Waals surface area contributed by atoms with Crippen LogP contribution >= 0.6 is 11.8 Å². The Bertz CT molecular complexity index is 707. The zero-order valence-corrected chi connectivity index (χ0v) is 10.5. The molecule has 2 aromatic rings. The number of aryl methyl sites for hydroxylation is 2. The number of nitrogens with one attached hydrogen (secondary N) is 1. The van der Waals surface area contributed by atoms with Gasteiger partial charge in [-0.15, -0.1) is 0 Å². The third kappa shape index (κ3) is 2.40. The van der Waals surface area contributed by atoms with Crippen LogP contribution in [0.1, 0.15) is 5.56 Å². The molecule has 0 aliphatic carbocycles. The Kier molecular flexibility index (Phi) is 3.15. The fourth-order valence-corrected chi connectivity index (χ4v) is 2.02. The Morgan fingerprint density at radius 2 is 2.11 bits per heavy atom. The van der Waals surface area contributed by atoms with E-state index < -0.39 is 11.1 Å². The lowest BCUT2D eigenvalue weighted by Crippen LogP contribution is -2.33. The first-order valence-corrected chi connectivity index (χ1v) is 5.73. The molecule has 0 aliphatic heterocycles. The van der Waals surface area contributed by atoms with Crippen LogP contribution in [0.5, 0.6) is 0 Å². The SMILES string of the molecule is Cc1cnc(N)nc1Sc1nc(=O)c(=O)[nH]n1C. The van der Waals surface area contributed by atoms with E-state index in [-0.39, 0.29) is 5.95 Å². The fourth-order valence-electron chi connectivity index (χ4n) is 1.18. The van der Waals surface area contributed by atoms with Gasteiger partial charge in [-0.1, -0.05) is 0 Å². The van der Waals surface area contributed by atoms with Crippen molar-refractivity contribution in [2.45, 2.75) is 17.1 Å². The third-order valence-corrected chi connectivity index (χ3v) is 3.23. The van der Waals surface area contributed by atoms with Crippen LogP contribution in [0, 0.1) is 6.92 Å². The molecule has 0 aliphatic rings. The number of hydrogen-bond donors (Lipinski definition) is 2. The lowest BCUT2D eigenvalue weighted by atomic mass is 10.4. The monoisotopic (exact) mass is 266 g/mol. The summed E-state index contributed by atoms with van der Waals surface area (Å²) < 4.78 is 1.35. The number of aromatic nitrogens is 5. The second-order valence-electron chi connectivity index (χ2n) is 3.52. The van der Waals surface area contributed by atoms with Crippen LogP contribution in [0.4, 0.5) is 5.95 Å². The standard InChI is InChI=1S/C9H10N6O2S/c1-4-3-11-8(10)13-7(4)18-9-12-5(16)6(17)14-15(9)2/h3H,1-2H3,(H,14,17)(H2,10,11,13). The molecule has 0 saturated carbocycles. The number of anilines is 1. The molecule has 0 spiro atoms. The van der Waals surface area contributed by atoms with Gasteiger partial charge in [0.1, 0.15) is 5.03 Å². The van der Waals surface area contributed by atoms with Gasteiger partial charge in [0.05, 0.1) is 0 Å². The van der Waals surface area contributed by atoms with Crippen LogP contribution in [0.2, 0.25) is 0 Å². The van der Waals surface area contributed by atoms with Gasteiger partial charge >= 0.3 is 11.1 Å². The molecule has 0 bridgehead atoms. The maximum atomic E-state index is 11.2. The molecule has 0 unspecified atom stereocenters. The average molecular weight is 266 g/mol. The lowest BCUT2D eigenvalue weighted by Gasteiger charge is -2.07. The topological polar surface area (TPSA) is 120 Å². The number of nitrogen functional groups attached to an aromatic ring is 1. The second-order valence-corrected chi connectivity index (χ2v) is 4.47. The fraction of sp³-hybridized carbons (Fsp3) is 0.222. The molecule has 94 valence electrons. The molecule has 18 heavy (non-hydrogen) atoms. The summed E-state index contributed by atoms with van der Waals surface area (Å²) in [6.45, 7) is 1.81. The van der Waals surface area contributed by atoms with Crippen LogP contribution < -0.4 is 16.9 Å². The number of nitrogens with two attached hydrogens (primary N) is 1. The average Bonchev–Trinajstić information content (AvgIpc) is 2.30. The number of hydrogen-bond acceptors (Lipinski definition) is 7. The Balaban J connectivity index is 2.46. The van der Waals surface area contributed by atoms with Gasteiger partial charge in [0.25, 0.3) is 0 Å². The summed E-state index contributed by atoms with van der Waals surface area (Å²) in [6.07, 6.45) is 1.58. The molecule has 0 aromatic carbocycles. The van der Waals surface area contributed by atoms with Gasteiger partial charge in [-0.3, -0.25) is 19.4 Å². The highest BCUT2D eigenvalue weighted by atomic mass is 32.2. The predicted octanol–water partition coefficient (Wildman–Crippen LogP) is -0.700. The third-order valence-electron chi connectivity index (χ3n) is 2.08. The van der Waals surface area contributed by atoms with Crippen LogP contribution in [0.25, 0.3) is 0 Å². The minimum atomic E-state index is -0.838. The van der Waals surface area contributed by atoms with E-state index in [1.807, 2.05) is 6.92 Å². The van der Waals surface area contributed by atoms with Crippen LogP contribution in [0.3, 0.4) is 0 Å². The molecule has 2 aromatic heterocycles. The number of rotatable bonds is 2. The molecule has 0 fully saturated rings. The number of aromatic amines is 1. The molecule has 0 atom stereocenters. The van der Waals surface area contributed by atoms with Crippen molar-refractivity contribution in [1.82, 2.24) is 24.7 Å². The minimum absolute atomic E-state index is 0.137. The Labute approximate surface area is 105 Å². The van der Waals surface area contributed by atoms with E-state index in [2.05, 4.69) is 20.1 Å². The van der Waals surface area contributed by atoms with Crippen molar-refractivity contribution in [2.24, 2.45) is 7.05 Å². The van der Waals surface area contributed by atoms with Gasteiger partial charge < -0.3 is 5.73 Å². The molecule has 3 N–H and O–H groups in total. The van der Waals surface area contributed by atoms with Crippen molar-refractivity contribution in [2.75, 3.05) is 5.73 Å². The summed E-state index contributed by atoms with van der Waals surface area (Å²) >= 11 is 1.13. The summed E-state index contributed by atoms with van der Waals surface area (Å²) in [6, 6.07) is 0. The summed E-state index contributed by atoms with van der Waals surface area (Å²) in [4.78, 5) is 33.8. The van der Waals surface area contributed by atoms with Crippen LogP contribution in [-0.4, -0.2) is 24.7 Å². The van der Waals surface area contributed by atoms with Gasteiger partial charge in [-0.05, 0) is 18.7 Å². The maximum absolute atomic E-state index is 11.2. The summed E-state index contributed by atoms with van der Waals surface area (Å²) in [5, 5.41) is 3.25. The van der Waals surface area contributed by atoms with Gasteiger partial charge in [0, 0.05) is 18.8 Å². The van der Waals surface area contributed by atoms with E-state index in [9.17, 15) is 9.59 Å². The summed E-state index contributed by atoms with van der Waals surface area (Å²) in [7, 11) is 1.58. The molecule has 9 heteroatoms. The Morgan fingerprint density at radius 1 is 1.39 bits per heavy atom. The van der Waals surface area contributed by atoms with Crippen molar-refractivity contribution in [1.29, 1.82) is 0 Å². The molecule has 2 heterocycles. The zero-order chi connectivity index (χ0) is 13.3. The lowest BCUT2D eigenvalue weighted by molar-refractivity contribution is 0.596. The van der Waals surface area contributed by atoms with Crippen molar-refractivity contribution in [3.63, 3.8) is 0 Å². The first kappa shape index (κ1) is 12.3. The van der Waals surface area contributed by atoms with Gasteiger partial charge in [-0.25, -0.2) is 9.97 Å². The van der Waals surface area contributed by atoms with Gasteiger partial charge in [-0.2, -0.15) is 4.98 Å². The quantitative estimate of drug-likeness (QED) is 0.544. The Hall–Kier alpha value is -2.16. The van der Waals surface area contributed by atoms with E-state index in [1.165, 1.54) is 4.68 Å². The molecule has 0 radical (unpaired) electrons. The maximum Gasteiger partial charge on any atom is 0.339 e. The van der Waals surface area contributed by atoms with Crippen molar-refractivity contribution < 1.29 is 0 Å². The molecular formula is C9H10N6O2S. The number of H-pyrrole nitrogens is 1. The second kappa shape index (κ2) is 4.61. The molecule has 0 amide bonds. The van der Waals surface area contributed by atoms with Crippen molar-refractivity contribution in [3.05, 3.63) is 32.5 Å². The molecule has 0 saturated heterocycles. The predicted molar refractivity (Wildman–Crippen MR) is 65.4 cm³/mol. The molecule has 8 nitrogen and oxygen atoms in total. The first-order chi connectivity index (χ1) is 8.47. The molecular weight excluding hydrogens is 256 g/mol. The normalized spacial score (nSPS) is 10.6. The van der Waals surface area contributed by atoms with Crippen LogP contribution in [0.15, 0.2) is 26.0 Å². The summed E-state index contributed by atoms with van der Waals surface area (Å²) in [5.74, 6) is 0.137. The zero-order valence-electron chi connectivity index (χ0n) is 9.67. The van der Waals surface area contributed by atoms with Crippen molar-refractivity contribution >= 4 is 17.7 Å². The first-order valence-electron chi connectivity index (χ1n) is 4.91.